The lowest BCUT2D eigenvalue weighted by Gasteiger charge is -2.49. The Morgan fingerprint density at radius 3 is 2.37 bits per heavy atom. The maximum atomic E-state index is 15.4. The number of hydrogen-bond acceptors (Lipinski definition) is 6. The van der Waals surface area contributed by atoms with Gasteiger partial charge in [0.1, 0.15) is 18.0 Å². The van der Waals surface area contributed by atoms with Crippen molar-refractivity contribution >= 4 is 44.8 Å². The predicted molar refractivity (Wildman–Crippen MR) is 175 cm³/mol. The van der Waals surface area contributed by atoms with E-state index in [-0.39, 0.29) is 30.5 Å². The van der Waals surface area contributed by atoms with Gasteiger partial charge in [-0.15, -0.1) is 0 Å². The number of sulfonamides is 1. The van der Waals surface area contributed by atoms with Crippen molar-refractivity contribution in [2.75, 3.05) is 17.4 Å². The van der Waals surface area contributed by atoms with Crippen molar-refractivity contribution < 1.29 is 22.3 Å². The summed E-state index contributed by atoms with van der Waals surface area (Å²) >= 11 is 12.8. The van der Waals surface area contributed by atoms with Crippen molar-refractivity contribution in [3.05, 3.63) is 112 Å². The third-order valence-corrected chi connectivity index (χ3v) is 11.9. The number of rotatable bonds is 11. The van der Waals surface area contributed by atoms with Crippen LogP contribution in [-0.2, 0) is 19.6 Å². The maximum Gasteiger partial charge on any atom is 0.253 e. The number of nitrogens with zero attached hydrogens (tertiary/aromatic N) is 4. The molecular formula is C34H33Cl2FN4O4S. The van der Waals surface area contributed by atoms with Crippen molar-refractivity contribution in [1.29, 1.82) is 0 Å². The number of para-hydroxylation sites is 1. The van der Waals surface area contributed by atoms with Gasteiger partial charge >= 0.3 is 0 Å². The molecule has 0 bridgehead atoms. The van der Waals surface area contributed by atoms with Crippen LogP contribution in [0.15, 0.2) is 94.8 Å². The second kappa shape index (κ2) is 12.7. The topological polar surface area (TPSA) is 91.6 Å². The lowest BCUT2D eigenvalue weighted by molar-refractivity contribution is -0.179. The van der Waals surface area contributed by atoms with Crippen LogP contribution in [0.2, 0.25) is 10.0 Å². The summed E-state index contributed by atoms with van der Waals surface area (Å²) in [5.74, 6) is -0.878. The molecule has 0 aromatic heterocycles. The first-order valence-electron chi connectivity index (χ1n) is 15.5. The molecule has 3 fully saturated rings. The molecule has 1 amide bonds. The fourth-order valence-corrected chi connectivity index (χ4v) is 8.71. The monoisotopic (exact) mass is 682 g/mol. The summed E-state index contributed by atoms with van der Waals surface area (Å²) in [6.45, 7) is 0.297. The molecule has 0 unspecified atom stereocenters. The number of benzene rings is 3. The largest absolute Gasteiger partial charge is 0.358 e. The Bertz CT molecular complexity index is 1800. The zero-order valence-corrected chi connectivity index (χ0v) is 27.2. The molecule has 240 valence electrons. The Balaban J connectivity index is 1.37. The first-order chi connectivity index (χ1) is 22.2. The molecule has 0 N–H and O–H groups in total. The zero-order chi connectivity index (χ0) is 32.0. The highest BCUT2D eigenvalue weighted by Crippen LogP contribution is 2.49. The quantitative estimate of drug-likeness (QED) is 0.208. The second-order valence-electron chi connectivity index (χ2n) is 12.4. The van der Waals surface area contributed by atoms with E-state index in [2.05, 4.69) is 10.2 Å². The van der Waals surface area contributed by atoms with Crippen LogP contribution in [0.4, 0.5) is 10.1 Å². The van der Waals surface area contributed by atoms with Gasteiger partial charge in [-0.2, -0.15) is 10.2 Å². The Labute approximate surface area is 277 Å². The van der Waals surface area contributed by atoms with Gasteiger partial charge in [0.05, 0.1) is 42.3 Å². The van der Waals surface area contributed by atoms with E-state index in [1.165, 1.54) is 22.5 Å². The Kier molecular flexibility index (Phi) is 8.65. The molecule has 7 rings (SSSR count). The highest BCUT2D eigenvalue weighted by molar-refractivity contribution is 7.93. The van der Waals surface area contributed by atoms with Crippen molar-refractivity contribution in [2.24, 2.45) is 16.1 Å². The minimum Gasteiger partial charge on any atom is -0.358 e. The van der Waals surface area contributed by atoms with Gasteiger partial charge in [0.15, 0.2) is 0 Å². The molecule has 0 spiro atoms. The highest BCUT2D eigenvalue weighted by atomic mass is 35.5. The van der Waals surface area contributed by atoms with E-state index in [0.717, 1.165) is 29.5 Å². The average molecular weight is 684 g/mol. The minimum absolute atomic E-state index is 0.00826. The highest BCUT2D eigenvalue weighted by Gasteiger charge is 2.52. The summed E-state index contributed by atoms with van der Waals surface area (Å²) in [6, 6.07) is 19.3. The number of anilines is 1. The third kappa shape index (κ3) is 6.32. The molecule has 8 nitrogen and oxygen atoms in total. The number of azo groups is 1. The molecule has 46 heavy (non-hydrogen) atoms. The summed E-state index contributed by atoms with van der Waals surface area (Å²) in [6.07, 6.45) is 3.07. The van der Waals surface area contributed by atoms with Gasteiger partial charge in [0.2, 0.25) is 10.0 Å². The lowest BCUT2D eigenvalue weighted by atomic mass is 9.88. The average Bonchev–Trinajstić information content (AvgIpc) is 3.98. The summed E-state index contributed by atoms with van der Waals surface area (Å²) in [4.78, 5) is 16.6. The van der Waals surface area contributed by atoms with Crippen LogP contribution in [0.1, 0.15) is 55.4 Å². The van der Waals surface area contributed by atoms with Crippen LogP contribution in [-0.4, -0.2) is 49.7 Å². The van der Waals surface area contributed by atoms with Crippen molar-refractivity contribution in [3.8, 4) is 0 Å². The van der Waals surface area contributed by atoms with Gasteiger partial charge in [-0.1, -0.05) is 59.6 Å². The number of morpholine rings is 1. The Hall–Kier alpha value is -3.31. The molecule has 2 aliphatic heterocycles. The number of amides is 1. The third-order valence-electron chi connectivity index (χ3n) is 9.11. The molecule has 4 atom stereocenters. The molecule has 0 radical (unpaired) electrons. The van der Waals surface area contributed by atoms with Crippen molar-refractivity contribution in [2.45, 2.75) is 61.6 Å². The van der Waals surface area contributed by atoms with Crippen LogP contribution < -0.4 is 4.31 Å². The maximum absolute atomic E-state index is 15.4. The fourth-order valence-electron chi connectivity index (χ4n) is 6.51. The van der Waals surface area contributed by atoms with Crippen LogP contribution >= 0.6 is 23.2 Å². The van der Waals surface area contributed by atoms with Gasteiger partial charge < -0.3 is 9.64 Å². The fraction of sp³-hybridized carbons (Fsp3) is 0.382. The lowest BCUT2D eigenvalue weighted by Crippen LogP contribution is -2.58. The van der Waals surface area contributed by atoms with Crippen LogP contribution in [0, 0.1) is 11.7 Å². The Morgan fingerprint density at radius 2 is 1.72 bits per heavy atom. The van der Waals surface area contributed by atoms with Gasteiger partial charge in [-0.3, -0.25) is 9.10 Å². The number of carbonyl (C=O) groups is 1. The Morgan fingerprint density at radius 1 is 0.957 bits per heavy atom. The van der Waals surface area contributed by atoms with Crippen LogP contribution in [0.5, 0.6) is 0 Å². The first kappa shape index (κ1) is 31.3. The number of hydrogen-bond donors (Lipinski definition) is 0. The zero-order valence-electron chi connectivity index (χ0n) is 24.9. The van der Waals surface area contributed by atoms with E-state index in [4.69, 9.17) is 27.9 Å². The standard InChI is InChI=1S/C34H33Cl2FN4O4S/c35-25-12-10-23(11-13-25)32-33(24-4-3-5-26(36)17-24)45-31(16-21-18-38-39-19-21)34(42)41(32)30(22-8-9-22)20-40(46(43,44)27-14-15-27)29-7-2-1-6-28(29)37/h1-7,10-13,17-18,22,27,30-33H,8-9,14-16,19-20H2/t30-,31+,32-,33-/m1/s1. The summed E-state index contributed by atoms with van der Waals surface area (Å²) < 4.78 is 51.2. The van der Waals surface area contributed by atoms with Gasteiger partial charge in [0.25, 0.3) is 5.91 Å². The molecule has 1 saturated heterocycles. The molecule has 3 aromatic carbocycles. The summed E-state index contributed by atoms with van der Waals surface area (Å²) in [5.41, 5.74) is 2.40. The van der Waals surface area contributed by atoms with Gasteiger partial charge in [0, 0.05) is 16.5 Å². The first-order valence-corrected chi connectivity index (χ1v) is 17.8. The van der Waals surface area contributed by atoms with E-state index in [1.807, 2.05) is 35.2 Å². The molecule has 4 aliphatic rings. The smallest absolute Gasteiger partial charge is 0.253 e. The van der Waals surface area contributed by atoms with Crippen LogP contribution in [0.3, 0.4) is 0 Å². The van der Waals surface area contributed by atoms with E-state index in [1.54, 1.807) is 30.5 Å². The number of carbonyl (C=O) groups excluding carboxylic acids is 1. The minimum atomic E-state index is -3.90. The molecule has 2 heterocycles. The van der Waals surface area contributed by atoms with Crippen molar-refractivity contribution in [3.63, 3.8) is 0 Å². The second-order valence-corrected chi connectivity index (χ2v) is 15.4. The van der Waals surface area contributed by atoms with Crippen LogP contribution in [0.25, 0.3) is 0 Å². The van der Waals surface area contributed by atoms with Crippen molar-refractivity contribution in [1.82, 2.24) is 4.90 Å². The molecule has 2 saturated carbocycles. The molecule has 2 aliphatic carbocycles. The summed E-state index contributed by atoms with van der Waals surface area (Å²) in [7, 11) is -3.90. The SMILES string of the molecule is O=C1[C@H](CC2=CN=NC2)O[C@H](c2cccc(Cl)c2)[C@@H](c2ccc(Cl)cc2)N1[C@H](CN(c1ccccc1F)S(=O)(=O)C1CC1)C1CC1. The molecule has 3 aromatic rings. The van der Waals surface area contributed by atoms with E-state index >= 15 is 4.39 Å². The van der Waals surface area contributed by atoms with Gasteiger partial charge in [-0.05, 0) is 84.7 Å². The van der Waals surface area contributed by atoms with E-state index in [0.29, 0.717) is 29.4 Å². The van der Waals surface area contributed by atoms with E-state index in [9.17, 15) is 13.2 Å². The molecular weight excluding hydrogens is 650 g/mol. The predicted octanol–water partition coefficient (Wildman–Crippen LogP) is 7.66. The normalized spacial score (nSPS) is 23.8. The molecule has 12 heteroatoms. The number of ether oxygens (including phenoxy) is 1. The number of halogens is 3. The van der Waals surface area contributed by atoms with E-state index < -0.39 is 45.4 Å². The summed E-state index contributed by atoms with van der Waals surface area (Å²) in [5, 5.41) is 8.52. The van der Waals surface area contributed by atoms with Gasteiger partial charge in [-0.25, -0.2) is 12.8 Å².